The summed E-state index contributed by atoms with van der Waals surface area (Å²) in [5.74, 6) is -1.59. The quantitative estimate of drug-likeness (QED) is 0.225. The molecule has 0 amide bonds. The first-order chi connectivity index (χ1) is 29.0. The second-order valence-electron chi connectivity index (χ2n) is 19.2. The first kappa shape index (κ1) is 46.9. The Balaban J connectivity index is 1.18. The number of methoxy groups -OCH3 is 2. The van der Waals surface area contributed by atoms with Gasteiger partial charge in [0.25, 0.3) is 0 Å². The molecular formula is C47H72O14. The van der Waals surface area contributed by atoms with Crippen LogP contribution in [0.2, 0.25) is 0 Å². The minimum Gasteiger partial charge on any atom is -0.459 e. The van der Waals surface area contributed by atoms with Crippen LogP contribution in [-0.2, 0) is 52.2 Å². The van der Waals surface area contributed by atoms with Crippen LogP contribution in [0.3, 0.4) is 0 Å². The molecule has 0 saturated carbocycles. The van der Waals surface area contributed by atoms with E-state index in [1.807, 2.05) is 26.0 Å². The summed E-state index contributed by atoms with van der Waals surface area (Å²) in [5.41, 5.74) is -0.369. The highest BCUT2D eigenvalue weighted by Crippen LogP contribution is 2.47. The van der Waals surface area contributed by atoms with Crippen LogP contribution in [0.15, 0.2) is 47.1 Å². The third kappa shape index (κ3) is 9.67. The molecule has 6 heterocycles. The van der Waals surface area contributed by atoms with E-state index >= 15 is 0 Å². The van der Waals surface area contributed by atoms with E-state index in [1.165, 1.54) is 0 Å². The largest absolute Gasteiger partial charge is 0.459 e. The summed E-state index contributed by atoms with van der Waals surface area (Å²) in [6, 6.07) is 0. The van der Waals surface area contributed by atoms with E-state index in [0.717, 1.165) is 12.0 Å². The number of carbonyl (C=O) groups is 1. The molecule has 3 N–H and O–H groups in total. The molecule has 0 aromatic carbocycles. The highest BCUT2D eigenvalue weighted by atomic mass is 16.7. The van der Waals surface area contributed by atoms with Gasteiger partial charge in [-0.1, -0.05) is 65.0 Å². The van der Waals surface area contributed by atoms with Crippen LogP contribution in [0.25, 0.3) is 0 Å². The maximum atomic E-state index is 14.3. The fourth-order valence-electron chi connectivity index (χ4n) is 10.8. The van der Waals surface area contributed by atoms with E-state index < -0.39 is 90.8 Å². The average Bonchev–Trinajstić information content (AvgIpc) is 3.56. The van der Waals surface area contributed by atoms with Crippen LogP contribution in [0, 0.1) is 23.7 Å². The van der Waals surface area contributed by atoms with Crippen molar-refractivity contribution in [3.05, 3.63) is 47.1 Å². The van der Waals surface area contributed by atoms with Gasteiger partial charge < -0.3 is 62.7 Å². The Labute approximate surface area is 361 Å². The Hall–Kier alpha value is -2.05. The van der Waals surface area contributed by atoms with Gasteiger partial charge in [-0.2, -0.15) is 0 Å². The van der Waals surface area contributed by atoms with Crippen molar-refractivity contribution in [1.82, 2.24) is 0 Å². The summed E-state index contributed by atoms with van der Waals surface area (Å²) in [6.45, 7) is 16.2. The van der Waals surface area contributed by atoms with Crippen LogP contribution < -0.4 is 0 Å². The summed E-state index contributed by atoms with van der Waals surface area (Å²) in [4.78, 5) is 14.3. The molecular weight excluding hydrogens is 789 g/mol. The Morgan fingerprint density at radius 1 is 0.869 bits per heavy atom. The van der Waals surface area contributed by atoms with Gasteiger partial charge in [0.05, 0.1) is 61.0 Å². The monoisotopic (exact) mass is 860 g/mol. The Morgan fingerprint density at radius 3 is 2.30 bits per heavy atom. The van der Waals surface area contributed by atoms with Gasteiger partial charge in [-0.25, -0.2) is 4.79 Å². The zero-order valence-electron chi connectivity index (χ0n) is 37.8. The van der Waals surface area contributed by atoms with E-state index in [-0.39, 0.29) is 42.3 Å². The Kier molecular flexibility index (Phi) is 14.8. The summed E-state index contributed by atoms with van der Waals surface area (Å²) in [6.07, 6.45) is 5.51. The number of aliphatic hydroxyl groups is 3. The number of fused-ring (bicyclic) bond motifs is 2. The summed E-state index contributed by atoms with van der Waals surface area (Å²) < 4.78 is 63.7. The van der Waals surface area contributed by atoms with E-state index in [2.05, 4.69) is 33.8 Å². The molecule has 5 fully saturated rings. The van der Waals surface area contributed by atoms with Crippen LogP contribution in [0.1, 0.15) is 100 Å². The molecule has 6 aliphatic heterocycles. The maximum Gasteiger partial charge on any atom is 0.337 e. The van der Waals surface area contributed by atoms with Crippen LogP contribution in [0.4, 0.5) is 0 Å². The number of ether oxygens (including phenoxy) is 10. The summed E-state index contributed by atoms with van der Waals surface area (Å²) >= 11 is 0. The molecule has 5 saturated heterocycles. The molecule has 1 spiro atoms. The molecule has 2 bridgehead atoms. The fraction of sp³-hybridized carbons (Fsp3) is 0.809. The number of rotatable bonds is 7. The van der Waals surface area contributed by atoms with Crippen molar-refractivity contribution in [3.63, 3.8) is 0 Å². The van der Waals surface area contributed by atoms with Gasteiger partial charge in [-0.3, -0.25) is 0 Å². The molecule has 61 heavy (non-hydrogen) atoms. The lowest BCUT2D eigenvalue weighted by atomic mass is 9.72. The second-order valence-corrected chi connectivity index (χ2v) is 19.2. The second kappa shape index (κ2) is 19.2. The molecule has 0 aromatic rings. The molecule has 7 rings (SSSR count). The van der Waals surface area contributed by atoms with Crippen molar-refractivity contribution in [2.24, 2.45) is 23.7 Å². The number of aliphatic hydroxyl groups excluding tert-OH is 2. The standard InChI is InChI=1S/C47H72O14/c1-24(2)41-27(5)16-17-46(61-41)22-33-19-32(60-46)15-14-26(4)42(25(3)12-11-13-31-23-54-44-39(48)28(6)18-34(45(50)57-33)47(31,44)51)58-38-21-36(53-10)43(30(8)56-38)59-37-20-35(52-9)40(49)29(7)55-37/h11-14,18,24-25,27-30,32-33,35-44,48-49,51H,15-17,19-23H2,1-10H3/b12-11-,26-14-,31-13?/t25-,27-,28+,29-,30-,32+,33-,35-,36-,37-,38-,39+,40-,41+,42-,43-,44+,46+,47+/m0/s1. The van der Waals surface area contributed by atoms with Crippen molar-refractivity contribution in [2.75, 3.05) is 20.8 Å². The molecule has 14 nitrogen and oxygen atoms in total. The number of esters is 1. The van der Waals surface area contributed by atoms with Crippen LogP contribution >= 0.6 is 0 Å². The van der Waals surface area contributed by atoms with Gasteiger partial charge in [0.2, 0.25) is 0 Å². The average molecular weight is 861 g/mol. The lowest BCUT2D eigenvalue weighted by Crippen LogP contribution is -2.56. The lowest BCUT2D eigenvalue weighted by Gasteiger charge is -2.50. The Morgan fingerprint density at radius 2 is 1.57 bits per heavy atom. The number of hydrogen-bond donors (Lipinski definition) is 3. The van der Waals surface area contributed by atoms with Gasteiger partial charge in [-0.15, -0.1) is 0 Å². The molecule has 0 aromatic heterocycles. The van der Waals surface area contributed by atoms with Gasteiger partial charge in [-0.05, 0) is 56.6 Å². The van der Waals surface area contributed by atoms with Crippen molar-refractivity contribution in [3.8, 4) is 0 Å². The molecule has 0 radical (unpaired) electrons. The van der Waals surface area contributed by atoms with Crippen molar-refractivity contribution in [2.45, 2.75) is 198 Å². The van der Waals surface area contributed by atoms with Crippen LogP contribution in [0.5, 0.6) is 0 Å². The van der Waals surface area contributed by atoms with E-state index in [4.69, 9.17) is 47.4 Å². The summed E-state index contributed by atoms with van der Waals surface area (Å²) in [5, 5.41) is 34.2. The van der Waals surface area contributed by atoms with Crippen LogP contribution in [-0.4, -0.2) is 139 Å². The minimum atomic E-state index is -1.88. The highest BCUT2D eigenvalue weighted by molar-refractivity contribution is 5.93. The molecule has 19 atom stereocenters. The lowest BCUT2D eigenvalue weighted by molar-refractivity contribution is -0.339. The van der Waals surface area contributed by atoms with Gasteiger partial charge in [0, 0.05) is 58.2 Å². The smallest absolute Gasteiger partial charge is 0.337 e. The van der Waals surface area contributed by atoms with Gasteiger partial charge >= 0.3 is 5.97 Å². The maximum absolute atomic E-state index is 14.3. The molecule has 7 aliphatic rings. The number of hydrogen-bond acceptors (Lipinski definition) is 14. The van der Waals surface area contributed by atoms with Crippen molar-refractivity contribution in [1.29, 1.82) is 0 Å². The topological polar surface area (TPSA) is 170 Å². The van der Waals surface area contributed by atoms with Gasteiger partial charge in [0.15, 0.2) is 18.4 Å². The summed E-state index contributed by atoms with van der Waals surface area (Å²) in [7, 11) is 3.22. The molecule has 14 heteroatoms. The van der Waals surface area contributed by atoms with E-state index in [1.54, 1.807) is 40.2 Å². The zero-order chi connectivity index (χ0) is 44.0. The van der Waals surface area contributed by atoms with Gasteiger partial charge in [0.1, 0.15) is 30.0 Å². The predicted molar refractivity (Wildman–Crippen MR) is 223 cm³/mol. The number of carbonyl (C=O) groups excluding carboxylic acids is 1. The third-order valence-corrected chi connectivity index (χ3v) is 14.3. The zero-order valence-corrected chi connectivity index (χ0v) is 37.8. The minimum absolute atomic E-state index is 0.0228. The molecule has 0 unspecified atom stereocenters. The molecule has 1 aliphatic carbocycles. The highest BCUT2D eigenvalue weighted by Gasteiger charge is 2.59. The third-order valence-electron chi connectivity index (χ3n) is 14.3. The Bertz CT molecular complexity index is 1660. The first-order valence-electron chi connectivity index (χ1n) is 22.7. The SMILES string of the molecule is CO[C@H]1C[C@H](O[C@H]2[C@H](C)O[C@@H](O[C@@H]3/C(C)=C\C[C@@H]4C[C@@H](C[C@]5(CC[C@H](C)[C@@H](C(C)C)O5)O4)OC(=O)C4=C[C@@H](C)[C@@H](O)[C@H]5OCC(=C/C=C\[C@@H]3C)[C@@]45O)C[C@@H]2OC)O[C@@H](C)[C@@H]1O. The van der Waals surface area contributed by atoms with Crippen molar-refractivity contribution >= 4 is 5.97 Å². The number of allylic oxidation sites excluding steroid dienone is 2. The first-order valence-corrected chi connectivity index (χ1v) is 22.7. The predicted octanol–water partition coefficient (Wildman–Crippen LogP) is 5.21. The fourth-order valence-corrected chi connectivity index (χ4v) is 10.8. The normalized spacial score (nSPS) is 48.7. The molecule has 344 valence electrons. The van der Waals surface area contributed by atoms with E-state index in [0.29, 0.717) is 50.0 Å². The van der Waals surface area contributed by atoms with E-state index in [9.17, 15) is 20.1 Å². The van der Waals surface area contributed by atoms with Crippen molar-refractivity contribution < 1.29 is 67.5 Å².